The first-order chi connectivity index (χ1) is 13.2. The first-order valence-corrected chi connectivity index (χ1v) is 9.69. The molecule has 0 spiro atoms. The van der Waals surface area contributed by atoms with Gasteiger partial charge in [0, 0.05) is 36.8 Å². The Bertz CT molecular complexity index is 793. The average molecular weight is 513 g/mol. The Balaban J connectivity index is 0.00000280. The Morgan fingerprint density at radius 2 is 1.75 bits per heavy atom. The van der Waals surface area contributed by atoms with E-state index >= 15 is 0 Å². The second-order valence-corrected chi connectivity index (χ2v) is 6.93. The molecule has 0 saturated carbocycles. The Kier molecular flexibility index (Phi) is 9.05. The molecule has 2 aromatic carbocycles. The molecule has 1 amide bonds. The normalized spacial score (nSPS) is 14.0. The highest BCUT2D eigenvalue weighted by atomic mass is 127. The molecule has 2 aromatic rings. The van der Waals surface area contributed by atoms with Crippen molar-refractivity contribution in [2.24, 2.45) is 4.99 Å². The summed E-state index contributed by atoms with van der Waals surface area (Å²) in [5.74, 6) is 0.979. The maximum atomic E-state index is 11.8. The van der Waals surface area contributed by atoms with E-state index in [1.54, 1.807) is 0 Å². The van der Waals surface area contributed by atoms with Gasteiger partial charge in [-0.05, 0) is 48.7 Å². The van der Waals surface area contributed by atoms with Crippen LogP contribution < -0.4 is 15.5 Å². The number of rotatable bonds is 6. The van der Waals surface area contributed by atoms with Gasteiger partial charge >= 0.3 is 0 Å². The zero-order valence-electron chi connectivity index (χ0n) is 16.0. The third-order valence-corrected chi connectivity index (χ3v) is 4.71. The van der Waals surface area contributed by atoms with Crippen LogP contribution in [0.2, 0.25) is 5.02 Å². The van der Waals surface area contributed by atoms with E-state index in [2.05, 4.69) is 15.6 Å². The predicted molar refractivity (Wildman–Crippen MR) is 127 cm³/mol. The van der Waals surface area contributed by atoms with Gasteiger partial charge in [0.2, 0.25) is 5.91 Å². The third-order valence-electron chi connectivity index (χ3n) is 4.46. The molecule has 7 heteroatoms. The van der Waals surface area contributed by atoms with Crippen molar-refractivity contribution < 1.29 is 4.79 Å². The van der Waals surface area contributed by atoms with Crippen molar-refractivity contribution in [3.63, 3.8) is 0 Å². The zero-order chi connectivity index (χ0) is 19.1. The highest BCUT2D eigenvalue weighted by Gasteiger charge is 2.21. The lowest BCUT2D eigenvalue weighted by molar-refractivity contribution is -0.117. The molecule has 0 unspecified atom stereocenters. The molecule has 1 aliphatic heterocycles. The average Bonchev–Trinajstić information content (AvgIpc) is 3.11. The number of carbonyl (C=O) groups is 1. The number of guanidine groups is 1. The monoisotopic (exact) mass is 512 g/mol. The molecular weight excluding hydrogens is 487 g/mol. The van der Waals surface area contributed by atoms with E-state index in [1.165, 1.54) is 0 Å². The Labute approximate surface area is 188 Å². The number of aliphatic imine (C=N–C) groups is 1. The van der Waals surface area contributed by atoms with Gasteiger partial charge in [-0.1, -0.05) is 35.9 Å². The zero-order valence-corrected chi connectivity index (χ0v) is 19.0. The van der Waals surface area contributed by atoms with E-state index in [1.807, 2.05) is 60.4 Å². The Morgan fingerprint density at radius 3 is 2.36 bits per heavy atom. The van der Waals surface area contributed by atoms with Crippen molar-refractivity contribution in [2.75, 3.05) is 18.0 Å². The van der Waals surface area contributed by atoms with Crippen molar-refractivity contribution in [1.29, 1.82) is 0 Å². The molecule has 150 valence electrons. The van der Waals surface area contributed by atoms with Gasteiger partial charge in [-0.25, -0.2) is 4.99 Å². The first-order valence-electron chi connectivity index (χ1n) is 9.31. The van der Waals surface area contributed by atoms with Crippen molar-refractivity contribution in [1.82, 2.24) is 10.6 Å². The van der Waals surface area contributed by atoms with Crippen molar-refractivity contribution in [3.8, 4) is 0 Å². The van der Waals surface area contributed by atoms with Crippen molar-refractivity contribution in [3.05, 3.63) is 64.7 Å². The molecule has 0 aromatic heterocycles. The molecular formula is C21H26ClIN4O. The van der Waals surface area contributed by atoms with Gasteiger partial charge in [-0.15, -0.1) is 24.0 Å². The van der Waals surface area contributed by atoms with Crippen LogP contribution in [-0.2, 0) is 17.9 Å². The van der Waals surface area contributed by atoms with E-state index in [-0.39, 0.29) is 29.9 Å². The van der Waals surface area contributed by atoms with Crippen LogP contribution in [0.1, 0.15) is 30.9 Å². The molecule has 5 nitrogen and oxygen atoms in total. The molecule has 3 rings (SSSR count). The summed E-state index contributed by atoms with van der Waals surface area (Å²) < 4.78 is 0. The van der Waals surface area contributed by atoms with Gasteiger partial charge in [0.15, 0.2) is 5.96 Å². The van der Waals surface area contributed by atoms with E-state index < -0.39 is 0 Å². The summed E-state index contributed by atoms with van der Waals surface area (Å²) in [7, 11) is 0. The minimum absolute atomic E-state index is 0. The molecule has 28 heavy (non-hydrogen) atoms. The molecule has 2 N–H and O–H groups in total. The topological polar surface area (TPSA) is 56.7 Å². The SMILES string of the molecule is CCNC(=NCc1ccc(N2CCCC2=O)cc1)NCc1ccc(Cl)cc1.I. The number of amides is 1. The molecule has 1 fully saturated rings. The Morgan fingerprint density at radius 1 is 1.07 bits per heavy atom. The van der Waals surface area contributed by atoms with Crippen LogP contribution in [0.15, 0.2) is 53.5 Å². The van der Waals surface area contributed by atoms with Crippen LogP contribution >= 0.6 is 35.6 Å². The van der Waals surface area contributed by atoms with E-state index in [0.29, 0.717) is 19.5 Å². The largest absolute Gasteiger partial charge is 0.357 e. The highest BCUT2D eigenvalue weighted by Crippen LogP contribution is 2.21. The minimum Gasteiger partial charge on any atom is -0.357 e. The van der Waals surface area contributed by atoms with Crippen LogP contribution in [0.3, 0.4) is 0 Å². The van der Waals surface area contributed by atoms with Gasteiger partial charge in [-0.2, -0.15) is 0 Å². The van der Waals surface area contributed by atoms with Crippen LogP contribution in [0.25, 0.3) is 0 Å². The van der Waals surface area contributed by atoms with Crippen LogP contribution in [-0.4, -0.2) is 25.0 Å². The van der Waals surface area contributed by atoms with Crippen molar-refractivity contribution in [2.45, 2.75) is 32.9 Å². The lowest BCUT2D eigenvalue weighted by Gasteiger charge is -2.16. The summed E-state index contributed by atoms with van der Waals surface area (Å²) in [6.45, 7) is 4.91. The summed E-state index contributed by atoms with van der Waals surface area (Å²) >= 11 is 5.92. The molecule has 0 atom stereocenters. The standard InChI is InChI=1S/C21H25ClN4O.HI/c1-2-23-21(24-14-16-5-9-18(22)10-6-16)25-15-17-7-11-19(12-8-17)26-13-3-4-20(26)27;/h5-12H,2-4,13-15H2,1H3,(H2,23,24,25);1H. The van der Waals surface area contributed by atoms with Gasteiger partial charge in [-0.3, -0.25) is 4.79 Å². The smallest absolute Gasteiger partial charge is 0.227 e. The summed E-state index contributed by atoms with van der Waals surface area (Å²) in [5.41, 5.74) is 3.22. The Hall–Kier alpha value is -1.80. The maximum Gasteiger partial charge on any atom is 0.227 e. The number of hydrogen-bond acceptors (Lipinski definition) is 2. The number of halogens is 2. The van der Waals surface area contributed by atoms with Crippen LogP contribution in [0.4, 0.5) is 5.69 Å². The number of nitrogens with zero attached hydrogens (tertiary/aromatic N) is 2. The van der Waals surface area contributed by atoms with Gasteiger partial charge in [0.25, 0.3) is 0 Å². The quantitative estimate of drug-likeness (QED) is 0.344. The van der Waals surface area contributed by atoms with Crippen LogP contribution in [0, 0.1) is 0 Å². The minimum atomic E-state index is 0. The number of carbonyl (C=O) groups excluding carboxylic acids is 1. The second-order valence-electron chi connectivity index (χ2n) is 6.49. The van der Waals surface area contributed by atoms with Crippen molar-refractivity contribution >= 4 is 53.1 Å². The van der Waals surface area contributed by atoms with E-state index in [9.17, 15) is 4.79 Å². The number of hydrogen-bond donors (Lipinski definition) is 2. The fourth-order valence-electron chi connectivity index (χ4n) is 3.00. The molecule has 1 saturated heterocycles. The van der Waals surface area contributed by atoms with Crippen LogP contribution in [0.5, 0.6) is 0 Å². The number of anilines is 1. The van der Waals surface area contributed by atoms with E-state index in [0.717, 1.165) is 47.3 Å². The highest BCUT2D eigenvalue weighted by molar-refractivity contribution is 14.0. The van der Waals surface area contributed by atoms with Gasteiger partial charge in [0.1, 0.15) is 0 Å². The summed E-state index contributed by atoms with van der Waals surface area (Å²) in [6, 6.07) is 15.8. The van der Waals surface area contributed by atoms with Gasteiger partial charge < -0.3 is 15.5 Å². The van der Waals surface area contributed by atoms with Gasteiger partial charge in [0.05, 0.1) is 6.54 Å². The fourth-order valence-corrected chi connectivity index (χ4v) is 3.13. The molecule has 1 aliphatic rings. The summed E-state index contributed by atoms with van der Waals surface area (Å²) in [6.07, 6.45) is 1.59. The number of nitrogens with one attached hydrogen (secondary N) is 2. The van der Waals surface area contributed by atoms with E-state index in [4.69, 9.17) is 11.6 Å². The molecule has 0 bridgehead atoms. The predicted octanol–water partition coefficient (Wildman–Crippen LogP) is 4.34. The molecule has 1 heterocycles. The molecule has 0 aliphatic carbocycles. The molecule has 0 radical (unpaired) electrons. The summed E-state index contributed by atoms with van der Waals surface area (Å²) in [5, 5.41) is 7.32. The first kappa shape index (κ1) is 22.5. The fraction of sp³-hybridized carbons (Fsp3) is 0.333. The third kappa shape index (κ3) is 6.38. The second kappa shape index (κ2) is 11.3. The summed E-state index contributed by atoms with van der Waals surface area (Å²) in [4.78, 5) is 18.3. The number of benzene rings is 2. The lowest BCUT2D eigenvalue weighted by atomic mass is 10.2. The lowest BCUT2D eigenvalue weighted by Crippen LogP contribution is -2.36. The maximum absolute atomic E-state index is 11.8.